The summed E-state index contributed by atoms with van der Waals surface area (Å²) < 4.78 is 0. The zero-order chi connectivity index (χ0) is 8.58. The Morgan fingerprint density at radius 2 is 1.30 bits per heavy atom. The minimum atomic E-state index is -0.0625. The van der Waals surface area contributed by atoms with E-state index in [2.05, 4.69) is 34.6 Å². The molecule has 0 bridgehead atoms. The van der Waals surface area contributed by atoms with Crippen molar-refractivity contribution < 1.29 is 0 Å². The SMILES string of the molecule is CN([NH-])C(C)(C)C(C)(C)C. The van der Waals surface area contributed by atoms with Crippen LogP contribution in [0.15, 0.2) is 0 Å². The molecule has 0 unspecified atom stereocenters. The molecule has 0 aromatic carbocycles. The Bertz CT molecular complexity index is 109. The summed E-state index contributed by atoms with van der Waals surface area (Å²) in [7, 11) is 1.80. The molecule has 2 heteroatoms. The highest BCUT2D eigenvalue weighted by Crippen LogP contribution is 2.33. The lowest BCUT2D eigenvalue weighted by Crippen LogP contribution is -2.47. The van der Waals surface area contributed by atoms with E-state index in [0.29, 0.717) is 0 Å². The summed E-state index contributed by atoms with van der Waals surface area (Å²) >= 11 is 0. The fourth-order valence-corrected chi connectivity index (χ4v) is 0.503. The fraction of sp³-hybridized carbons (Fsp3) is 1.00. The van der Waals surface area contributed by atoms with E-state index >= 15 is 0 Å². The standard InChI is InChI=1S/C8H19N2/c1-7(2,3)8(4,5)10(6)9/h9H,1-6H3/q-1. The summed E-state index contributed by atoms with van der Waals surface area (Å²) in [5, 5.41) is 1.52. The van der Waals surface area contributed by atoms with Gasteiger partial charge in [-0.15, -0.1) is 0 Å². The molecule has 0 radical (unpaired) electrons. The molecule has 2 nitrogen and oxygen atoms in total. The predicted molar refractivity (Wildman–Crippen MR) is 45.6 cm³/mol. The van der Waals surface area contributed by atoms with Gasteiger partial charge in [0, 0.05) is 5.54 Å². The molecule has 62 valence electrons. The maximum atomic E-state index is 7.47. The van der Waals surface area contributed by atoms with Crippen LogP contribution < -0.4 is 0 Å². The van der Waals surface area contributed by atoms with Crippen LogP contribution in [0.4, 0.5) is 0 Å². The maximum absolute atomic E-state index is 7.47. The van der Waals surface area contributed by atoms with Gasteiger partial charge >= 0.3 is 0 Å². The zero-order valence-corrected chi connectivity index (χ0v) is 7.95. The van der Waals surface area contributed by atoms with Crippen molar-refractivity contribution in [1.29, 1.82) is 0 Å². The molecule has 0 aliphatic rings. The summed E-state index contributed by atoms with van der Waals surface area (Å²) in [6.45, 7) is 10.6. The van der Waals surface area contributed by atoms with E-state index in [0.717, 1.165) is 0 Å². The van der Waals surface area contributed by atoms with Crippen molar-refractivity contribution in [2.45, 2.75) is 40.2 Å². The molecule has 0 saturated heterocycles. The van der Waals surface area contributed by atoms with Gasteiger partial charge in [-0.25, -0.2) is 0 Å². The molecule has 0 spiro atoms. The smallest absolute Gasteiger partial charge is 0.00270 e. The molecule has 0 aromatic heterocycles. The first-order valence-corrected chi connectivity index (χ1v) is 3.64. The Labute approximate surface area is 64.4 Å². The molecule has 0 atom stereocenters. The highest BCUT2D eigenvalue weighted by molar-refractivity contribution is 4.91. The topological polar surface area (TPSA) is 27.0 Å². The summed E-state index contributed by atoms with van der Waals surface area (Å²) in [6, 6.07) is 0. The number of nitrogens with zero attached hydrogens (tertiary/aromatic N) is 1. The van der Waals surface area contributed by atoms with E-state index in [1.807, 2.05) is 0 Å². The Balaban J connectivity index is 4.40. The van der Waals surface area contributed by atoms with Crippen molar-refractivity contribution in [1.82, 2.24) is 5.01 Å². The van der Waals surface area contributed by atoms with Crippen LogP contribution in [0.25, 0.3) is 5.84 Å². The normalized spacial score (nSPS) is 14.4. The van der Waals surface area contributed by atoms with E-state index < -0.39 is 0 Å². The van der Waals surface area contributed by atoms with Crippen LogP contribution in [0.1, 0.15) is 34.6 Å². The maximum Gasteiger partial charge on any atom is 0.00270 e. The number of nitrogens with one attached hydrogen (secondary N) is 1. The van der Waals surface area contributed by atoms with Gasteiger partial charge in [0.25, 0.3) is 0 Å². The van der Waals surface area contributed by atoms with Crippen molar-refractivity contribution in [3.05, 3.63) is 5.84 Å². The molecule has 0 aliphatic carbocycles. The summed E-state index contributed by atoms with van der Waals surface area (Å²) in [5.74, 6) is 7.47. The van der Waals surface area contributed by atoms with Gasteiger partial charge in [-0.3, -0.25) is 0 Å². The highest BCUT2D eigenvalue weighted by atomic mass is 15.4. The van der Waals surface area contributed by atoms with Crippen LogP contribution in [0.5, 0.6) is 0 Å². The molecular formula is C8H19N2-. The van der Waals surface area contributed by atoms with Crippen molar-refractivity contribution in [2.75, 3.05) is 7.05 Å². The first kappa shape index (κ1) is 9.92. The minimum absolute atomic E-state index is 0.0625. The molecule has 0 saturated carbocycles. The Kier molecular flexibility index (Phi) is 2.49. The summed E-state index contributed by atoms with van der Waals surface area (Å²) in [5.41, 5.74) is 0.0938. The number of hydrogen-bond acceptors (Lipinski definition) is 1. The molecule has 1 N–H and O–H groups in total. The van der Waals surface area contributed by atoms with Gasteiger partial charge in [0.1, 0.15) is 0 Å². The largest absolute Gasteiger partial charge is 0.609 e. The van der Waals surface area contributed by atoms with Crippen LogP contribution in [-0.2, 0) is 0 Å². The van der Waals surface area contributed by atoms with Crippen molar-refractivity contribution >= 4 is 0 Å². The average Bonchev–Trinajstić information content (AvgIpc) is 1.62. The Morgan fingerprint density at radius 1 is 1.00 bits per heavy atom. The lowest BCUT2D eigenvalue weighted by atomic mass is 9.76. The third-order valence-electron chi connectivity index (χ3n) is 2.67. The Hall–Kier alpha value is -0.0800. The van der Waals surface area contributed by atoms with Crippen LogP contribution in [0.2, 0.25) is 0 Å². The van der Waals surface area contributed by atoms with Crippen LogP contribution in [-0.4, -0.2) is 17.6 Å². The van der Waals surface area contributed by atoms with E-state index in [9.17, 15) is 0 Å². The van der Waals surface area contributed by atoms with Crippen LogP contribution in [0.3, 0.4) is 0 Å². The quantitative estimate of drug-likeness (QED) is 0.518. The van der Waals surface area contributed by atoms with Gasteiger partial charge in [0.2, 0.25) is 0 Å². The third kappa shape index (κ3) is 1.70. The molecule has 0 heterocycles. The molecule has 0 amide bonds. The predicted octanol–water partition coefficient (Wildman–Crippen LogP) is 2.71. The fourth-order valence-electron chi connectivity index (χ4n) is 0.503. The molecule has 10 heavy (non-hydrogen) atoms. The second-order valence-corrected chi connectivity index (χ2v) is 4.37. The second-order valence-electron chi connectivity index (χ2n) is 4.37. The van der Waals surface area contributed by atoms with Crippen molar-refractivity contribution in [3.63, 3.8) is 0 Å². The van der Waals surface area contributed by atoms with Crippen LogP contribution >= 0.6 is 0 Å². The first-order chi connectivity index (χ1) is 4.19. The van der Waals surface area contributed by atoms with Gasteiger partial charge in [0.05, 0.1) is 0 Å². The van der Waals surface area contributed by atoms with Gasteiger partial charge in [-0.1, -0.05) is 20.8 Å². The van der Waals surface area contributed by atoms with Crippen molar-refractivity contribution in [2.24, 2.45) is 5.41 Å². The zero-order valence-electron chi connectivity index (χ0n) is 7.95. The highest BCUT2D eigenvalue weighted by Gasteiger charge is 2.31. The lowest BCUT2D eigenvalue weighted by molar-refractivity contribution is 0.0821. The molecule has 0 rings (SSSR count). The first-order valence-electron chi connectivity index (χ1n) is 3.64. The van der Waals surface area contributed by atoms with E-state index in [1.54, 1.807) is 7.05 Å². The second kappa shape index (κ2) is 2.51. The monoisotopic (exact) mass is 143 g/mol. The average molecular weight is 143 g/mol. The van der Waals surface area contributed by atoms with Gasteiger partial charge in [-0.2, -0.15) is 0 Å². The molecule has 0 fully saturated rings. The van der Waals surface area contributed by atoms with Crippen molar-refractivity contribution in [3.8, 4) is 0 Å². The Morgan fingerprint density at radius 3 is 1.30 bits per heavy atom. The molecule has 0 aliphatic heterocycles. The minimum Gasteiger partial charge on any atom is -0.609 e. The van der Waals surface area contributed by atoms with Gasteiger partial charge in [0.15, 0.2) is 0 Å². The molecular weight excluding hydrogens is 124 g/mol. The third-order valence-corrected chi connectivity index (χ3v) is 2.67. The lowest BCUT2D eigenvalue weighted by Gasteiger charge is -2.49. The summed E-state index contributed by atoms with van der Waals surface area (Å²) in [6.07, 6.45) is 0. The number of rotatable bonds is 1. The van der Waals surface area contributed by atoms with Gasteiger partial charge < -0.3 is 10.9 Å². The molecule has 0 aromatic rings. The van der Waals surface area contributed by atoms with E-state index in [4.69, 9.17) is 5.84 Å². The van der Waals surface area contributed by atoms with Crippen LogP contribution in [0, 0.1) is 5.41 Å². The van der Waals surface area contributed by atoms with E-state index in [1.165, 1.54) is 5.01 Å². The number of hydrogen-bond donors (Lipinski definition) is 0. The van der Waals surface area contributed by atoms with Gasteiger partial charge in [-0.05, 0) is 26.3 Å². The van der Waals surface area contributed by atoms with E-state index in [-0.39, 0.29) is 11.0 Å². The summed E-state index contributed by atoms with van der Waals surface area (Å²) in [4.78, 5) is 0.